The molecule has 0 radical (unpaired) electrons. The number of nitrogens with one attached hydrogen (secondary N) is 1. The minimum atomic E-state index is -0.519. The van der Waals surface area contributed by atoms with Gasteiger partial charge in [-0.1, -0.05) is 0 Å². The van der Waals surface area contributed by atoms with E-state index >= 15 is 0 Å². The lowest BCUT2D eigenvalue weighted by molar-refractivity contribution is 0.171. The second-order valence-corrected chi connectivity index (χ2v) is 3.26. The van der Waals surface area contributed by atoms with Crippen molar-refractivity contribution in [3.05, 3.63) is 0 Å². The number of hydrogen-bond donors (Lipinski definition) is 1. The second kappa shape index (κ2) is 4.65. The Kier molecular flexibility index (Phi) is 3.04. The lowest BCUT2D eigenvalue weighted by Crippen LogP contribution is -2.45. The van der Waals surface area contributed by atoms with Crippen LogP contribution in [0.2, 0.25) is 0 Å². The zero-order chi connectivity index (χ0) is 11.4. The minimum Gasteiger partial charge on any atom is -0.453 e. The van der Waals surface area contributed by atoms with E-state index in [2.05, 4.69) is 30.5 Å². The Morgan fingerprint density at radius 3 is 2.25 bits per heavy atom. The highest BCUT2D eigenvalue weighted by molar-refractivity contribution is 6.20. The molecule has 84 valence electrons. The van der Waals surface area contributed by atoms with Crippen LogP contribution in [0, 0.1) is 0 Å². The van der Waals surface area contributed by atoms with Crippen LogP contribution in [0.15, 0.2) is 20.4 Å². The van der Waals surface area contributed by atoms with Crippen molar-refractivity contribution in [3.63, 3.8) is 0 Å². The Morgan fingerprint density at radius 1 is 1.31 bits per heavy atom. The van der Waals surface area contributed by atoms with Gasteiger partial charge < -0.3 is 10.1 Å². The van der Waals surface area contributed by atoms with E-state index < -0.39 is 6.09 Å². The van der Waals surface area contributed by atoms with Crippen LogP contribution < -0.4 is 5.32 Å². The molecule has 16 heavy (non-hydrogen) atoms. The highest BCUT2D eigenvalue weighted by atomic mass is 16.5. The largest absolute Gasteiger partial charge is 0.453 e. The van der Waals surface area contributed by atoms with Gasteiger partial charge in [0.1, 0.15) is 6.04 Å². The number of ether oxygens (including phenoxy) is 1. The Bertz CT molecular complexity index is 380. The molecular formula is C9H11N5O2. The molecular weight excluding hydrogens is 210 g/mol. The van der Waals surface area contributed by atoms with Crippen molar-refractivity contribution in [1.29, 1.82) is 0 Å². The molecule has 0 fully saturated rings. The van der Waals surface area contributed by atoms with Gasteiger partial charge in [0.05, 0.1) is 18.5 Å². The van der Waals surface area contributed by atoms with E-state index in [-0.39, 0.29) is 6.04 Å². The maximum absolute atomic E-state index is 11.2. The smallest absolute Gasteiger partial charge is 0.407 e. The van der Waals surface area contributed by atoms with Crippen molar-refractivity contribution in [2.24, 2.45) is 20.4 Å². The van der Waals surface area contributed by atoms with Gasteiger partial charge in [0.2, 0.25) is 0 Å². The number of nitrogens with zero attached hydrogens (tertiary/aromatic N) is 4. The van der Waals surface area contributed by atoms with Crippen molar-refractivity contribution >= 4 is 29.9 Å². The van der Waals surface area contributed by atoms with Crippen LogP contribution in [0.1, 0.15) is 12.8 Å². The first kappa shape index (κ1) is 10.5. The van der Waals surface area contributed by atoms with Gasteiger partial charge in [-0.15, -0.1) is 0 Å². The van der Waals surface area contributed by atoms with Crippen LogP contribution in [0.4, 0.5) is 4.79 Å². The molecule has 7 heteroatoms. The normalized spacial score (nSPS) is 17.6. The number of rotatable bonds is 3. The van der Waals surface area contributed by atoms with Gasteiger partial charge in [-0.25, -0.2) is 4.79 Å². The number of hydrogen-bond acceptors (Lipinski definition) is 6. The van der Waals surface area contributed by atoms with Gasteiger partial charge in [-0.05, 0) is 0 Å². The number of methoxy groups -OCH3 is 1. The summed E-state index contributed by atoms with van der Waals surface area (Å²) in [5.74, 6) is 0. The molecule has 0 atom stereocenters. The first-order valence-corrected chi connectivity index (χ1v) is 4.82. The van der Waals surface area contributed by atoms with E-state index in [4.69, 9.17) is 0 Å². The monoisotopic (exact) mass is 221 g/mol. The number of alkyl carbamates (subject to hydrolysis) is 1. The summed E-state index contributed by atoms with van der Waals surface area (Å²) < 4.78 is 4.56. The molecule has 0 saturated heterocycles. The lowest BCUT2D eigenvalue weighted by Gasteiger charge is -2.16. The van der Waals surface area contributed by atoms with E-state index in [1.54, 1.807) is 12.4 Å². The minimum absolute atomic E-state index is 0.377. The summed E-state index contributed by atoms with van der Waals surface area (Å²) in [6, 6.07) is -0.377. The fraction of sp³-hybridized carbons (Fsp3) is 0.444. The predicted molar refractivity (Wildman–Crippen MR) is 60.4 cm³/mol. The summed E-state index contributed by atoms with van der Waals surface area (Å²) in [4.78, 5) is 11.2. The first-order chi connectivity index (χ1) is 7.81. The maximum atomic E-state index is 11.2. The zero-order valence-corrected chi connectivity index (χ0v) is 8.75. The quantitative estimate of drug-likeness (QED) is 0.746. The van der Waals surface area contributed by atoms with Gasteiger partial charge >= 0.3 is 6.09 Å². The van der Waals surface area contributed by atoms with Crippen LogP contribution in [0.3, 0.4) is 0 Å². The predicted octanol–water partition coefficient (Wildman–Crippen LogP) is 0.372. The fourth-order valence-electron chi connectivity index (χ4n) is 1.47. The van der Waals surface area contributed by atoms with Crippen molar-refractivity contribution in [2.45, 2.75) is 18.9 Å². The van der Waals surface area contributed by atoms with Crippen molar-refractivity contribution in [2.75, 3.05) is 7.11 Å². The fourth-order valence-corrected chi connectivity index (χ4v) is 1.47. The SMILES string of the molecule is COC(=O)NC(C1=NN=CC1)C1=NN=CC1. The van der Waals surface area contributed by atoms with E-state index in [0.29, 0.717) is 12.8 Å². The van der Waals surface area contributed by atoms with Crippen molar-refractivity contribution < 1.29 is 9.53 Å². The molecule has 0 unspecified atom stereocenters. The van der Waals surface area contributed by atoms with Crippen molar-refractivity contribution in [3.8, 4) is 0 Å². The summed E-state index contributed by atoms with van der Waals surface area (Å²) in [6.07, 6.45) is 4.05. The van der Waals surface area contributed by atoms with Crippen LogP contribution in [0.25, 0.3) is 0 Å². The summed E-state index contributed by atoms with van der Waals surface area (Å²) in [5, 5.41) is 18.1. The highest BCUT2D eigenvalue weighted by Gasteiger charge is 2.26. The molecule has 2 aliphatic heterocycles. The summed E-state index contributed by atoms with van der Waals surface area (Å²) in [6.45, 7) is 0. The topological polar surface area (TPSA) is 87.8 Å². The van der Waals surface area contributed by atoms with Gasteiger partial charge in [0.25, 0.3) is 0 Å². The molecule has 2 heterocycles. The number of carbonyl (C=O) groups is 1. The third-order valence-corrected chi connectivity index (χ3v) is 2.25. The summed E-state index contributed by atoms with van der Waals surface area (Å²) in [5.41, 5.74) is 1.49. The average molecular weight is 221 g/mol. The van der Waals surface area contributed by atoms with E-state index in [1.807, 2.05) is 0 Å². The van der Waals surface area contributed by atoms with Gasteiger partial charge in [0.15, 0.2) is 0 Å². The Balaban J connectivity index is 2.10. The first-order valence-electron chi connectivity index (χ1n) is 4.82. The third-order valence-electron chi connectivity index (χ3n) is 2.25. The Hall–Kier alpha value is -2.05. The van der Waals surface area contributed by atoms with Crippen LogP contribution in [-0.4, -0.2) is 43.1 Å². The molecule has 7 nitrogen and oxygen atoms in total. The standard InChI is InChI=1S/C9H11N5O2/c1-16-9(15)12-8(6-2-4-10-13-6)7-3-5-11-14-7/h4-5,8H,2-3H2,1H3,(H,12,15). The van der Waals surface area contributed by atoms with Gasteiger partial charge in [-0.2, -0.15) is 20.4 Å². The summed E-state index contributed by atoms with van der Waals surface area (Å²) >= 11 is 0. The molecule has 1 amide bonds. The number of amides is 1. The Labute approximate surface area is 92.0 Å². The molecule has 0 aromatic carbocycles. The average Bonchev–Trinajstić information content (AvgIpc) is 2.97. The molecule has 2 rings (SSSR count). The van der Waals surface area contributed by atoms with Crippen LogP contribution in [0.5, 0.6) is 0 Å². The highest BCUT2D eigenvalue weighted by Crippen LogP contribution is 2.08. The van der Waals surface area contributed by atoms with Gasteiger partial charge in [-0.3, -0.25) is 0 Å². The third kappa shape index (κ3) is 2.13. The molecule has 0 spiro atoms. The van der Waals surface area contributed by atoms with Gasteiger partial charge in [0, 0.05) is 25.3 Å². The lowest BCUT2D eigenvalue weighted by atomic mass is 10.0. The number of carbonyl (C=O) groups excluding carboxylic acids is 1. The Morgan fingerprint density at radius 2 is 1.88 bits per heavy atom. The molecule has 1 N–H and O–H groups in total. The van der Waals surface area contributed by atoms with E-state index in [1.165, 1.54) is 7.11 Å². The van der Waals surface area contributed by atoms with Crippen molar-refractivity contribution in [1.82, 2.24) is 5.32 Å². The van der Waals surface area contributed by atoms with Crippen LogP contribution >= 0.6 is 0 Å². The van der Waals surface area contributed by atoms with E-state index in [9.17, 15) is 4.79 Å². The second-order valence-electron chi connectivity index (χ2n) is 3.26. The maximum Gasteiger partial charge on any atom is 0.407 e. The molecule has 0 bridgehead atoms. The molecule has 0 saturated carbocycles. The molecule has 0 aliphatic carbocycles. The molecule has 0 aromatic heterocycles. The van der Waals surface area contributed by atoms with Crippen LogP contribution in [-0.2, 0) is 4.74 Å². The summed E-state index contributed by atoms with van der Waals surface area (Å²) in [7, 11) is 1.31. The molecule has 0 aromatic rings. The van der Waals surface area contributed by atoms with E-state index in [0.717, 1.165) is 11.4 Å². The molecule has 2 aliphatic rings. The zero-order valence-electron chi connectivity index (χ0n) is 8.75.